The standard InChI is InChI=1S/C11H11FN2O/c1-6-5-8(12)3-4-9(6)10-7(2)11(13)15-14-10/h3-5H,13H2,1-2H3. The Kier molecular flexibility index (Phi) is 2.19. The van der Waals surface area contributed by atoms with Crippen LogP contribution in [0.2, 0.25) is 0 Å². The number of nitrogens with zero attached hydrogens (tertiary/aromatic N) is 1. The summed E-state index contributed by atoms with van der Waals surface area (Å²) < 4.78 is 17.8. The van der Waals surface area contributed by atoms with Crippen molar-refractivity contribution in [2.24, 2.45) is 0 Å². The number of halogens is 1. The Morgan fingerprint density at radius 1 is 1.33 bits per heavy atom. The number of hydrogen-bond acceptors (Lipinski definition) is 3. The fourth-order valence-electron chi connectivity index (χ4n) is 1.49. The van der Waals surface area contributed by atoms with Crippen LogP contribution in [0.5, 0.6) is 0 Å². The Morgan fingerprint density at radius 2 is 2.07 bits per heavy atom. The van der Waals surface area contributed by atoms with Crippen LogP contribution in [-0.2, 0) is 0 Å². The highest BCUT2D eigenvalue weighted by molar-refractivity contribution is 5.69. The number of nitrogen functional groups attached to an aromatic ring is 1. The largest absolute Gasteiger partial charge is 0.367 e. The second-order valence-corrected chi connectivity index (χ2v) is 3.48. The molecule has 0 fully saturated rings. The molecule has 0 atom stereocenters. The highest BCUT2D eigenvalue weighted by Crippen LogP contribution is 2.28. The third-order valence-corrected chi connectivity index (χ3v) is 2.40. The zero-order valence-electron chi connectivity index (χ0n) is 8.54. The molecule has 1 aromatic carbocycles. The van der Waals surface area contributed by atoms with Gasteiger partial charge in [0.1, 0.15) is 11.5 Å². The third kappa shape index (κ3) is 1.58. The number of nitrogens with two attached hydrogens (primary N) is 1. The highest BCUT2D eigenvalue weighted by atomic mass is 19.1. The maximum Gasteiger partial charge on any atom is 0.225 e. The molecule has 1 aromatic heterocycles. The lowest BCUT2D eigenvalue weighted by Crippen LogP contribution is -1.88. The monoisotopic (exact) mass is 206 g/mol. The lowest BCUT2D eigenvalue weighted by Gasteiger charge is -2.02. The van der Waals surface area contributed by atoms with Gasteiger partial charge in [0.25, 0.3) is 0 Å². The minimum atomic E-state index is -0.259. The molecule has 2 N–H and O–H groups in total. The molecule has 0 aliphatic carbocycles. The molecule has 4 heteroatoms. The third-order valence-electron chi connectivity index (χ3n) is 2.40. The average Bonchev–Trinajstić information content (AvgIpc) is 2.49. The van der Waals surface area contributed by atoms with Gasteiger partial charge in [0.05, 0.1) is 0 Å². The van der Waals surface area contributed by atoms with Crippen LogP contribution >= 0.6 is 0 Å². The van der Waals surface area contributed by atoms with Gasteiger partial charge in [-0.3, -0.25) is 0 Å². The minimum Gasteiger partial charge on any atom is -0.367 e. The summed E-state index contributed by atoms with van der Waals surface area (Å²) in [5, 5.41) is 3.85. The van der Waals surface area contributed by atoms with Gasteiger partial charge in [-0.1, -0.05) is 5.16 Å². The fourth-order valence-corrected chi connectivity index (χ4v) is 1.49. The number of hydrogen-bond donors (Lipinski definition) is 1. The molecular formula is C11H11FN2O. The number of aromatic nitrogens is 1. The van der Waals surface area contributed by atoms with Gasteiger partial charge in [-0.25, -0.2) is 4.39 Å². The molecule has 0 unspecified atom stereocenters. The number of rotatable bonds is 1. The second kappa shape index (κ2) is 3.38. The molecule has 0 radical (unpaired) electrons. The van der Waals surface area contributed by atoms with Crippen LogP contribution in [0.4, 0.5) is 10.3 Å². The van der Waals surface area contributed by atoms with Crippen molar-refractivity contribution in [1.82, 2.24) is 5.16 Å². The number of benzene rings is 1. The van der Waals surface area contributed by atoms with Crippen LogP contribution in [-0.4, -0.2) is 5.16 Å². The van der Waals surface area contributed by atoms with Crippen LogP contribution in [0.15, 0.2) is 22.7 Å². The predicted molar refractivity (Wildman–Crippen MR) is 55.8 cm³/mol. The van der Waals surface area contributed by atoms with E-state index in [1.165, 1.54) is 12.1 Å². The molecule has 78 valence electrons. The van der Waals surface area contributed by atoms with E-state index in [2.05, 4.69) is 5.16 Å². The lowest BCUT2D eigenvalue weighted by molar-refractivity contribution is 0.439. The molecule has 0 saturated heterocycles. The van der Waals surface area contributed by atoms with Crippen molar-refractivity contribution in [3.63, 3.8) is 0 Å². The second-order valence-electron chi connectivity index (χ2n) is 3.48. The first kappa shape index (κ1) is 9.71. The molecule has 0 bridgehead atoms. The predicted octanol–water partition coefficient (Wildman–Crippen LogP) is 2.68. The first-order chi connectivity index (χ1) is 7.09. The number of anilines is 1. The SMILES string of the molecule is Cc1cc(F)ccc1-c1noc(N)c1C. The molecule has 0 aliphatic heterocycles. The maximum absolute atomic E-state index is 12.9. The molecule has 0 amide bonds. The maximum atomic E-state index is 12.9. The molecule has 15 heavy (non-hydrogen) atoms. The average molecular weight is 206 g/mol. The van der Waals surface area contributed by atoms with Crippen molar-refractivity contribution in [3.8, 4) is 11.3 Å². The molecule has 0 aliphatic rings. The smallest absolute Gasteiger partial charge is 0.225 e. The summed E-state index contributed by atoms with van der Waals surface area (Å²) in [6, 6.07) is 4.53. The van der Waals surface area contributed by atoms with Crippen LogP contribution in [0.25, 0.3) is 11.3 Å². The van der Waals surface area contributed by atoms with Gasteiger partial charge in [-0.05, 0) is 37.6 Å². The minimum absolute atomic E-state index is 0.259. The summed E-state index contributed by atoms with van der Waals surface area (Å²) in [6.45, 7) is 3.65. The first-order valence-electron chi connectivity index (χ1n) is 4.58. The van der Waals surface area contributed by atoms with Crippen LogP contribution in [0, 0.1) is 19.7 Å². The van der Waals surface area contributed by atoms with Crippen LogP contribution in [0.1, 0.15) is 11.1 Å². The van der Waals surface area contributed by atoms with Gasteiger partial charge < -0.3 is 10.3 Å². The summed E-state index contributed by atoms with van der Waals surface area (Å²) >= 11 is 0. The summed E-state index contributed by atoms with van der Waals surface area (Å²) in [6.07, 6.45) is 0. The lowest BCUT2D eigenvalue weighted by atomic mass is 10.0. The van der Waals surface area contributed by atoms with Crippen molar-refractivity contribution in [2.75, 3.05) is 5.73 Å². The van der Waals surface area contributed by atoms with Gasteiger partial charge in [-0.15, -0.1) is 0 Å². The zero-order chi connectivity index (χ0) is 11.0. The van der Waals surface area contributed by atoms with E-state index in [1.807, 2.05) is 13.8 Å². The summed E-state index contributed by atoms with van der Waals surface area (Å²) in [5.74, 6) is 0.0408. The molecule has 2 aromatic rings. The first-order valence-corrected chi connectivity index (χ1v) is 4.58. The Hall–Kier alpha value is -1.84. The Bertz CT molecular complexity index is 505. The number of aryl methyl sites for hydroxylation is 1. The highest BCUT2D eigenvalue weighted by Gasteiger charge is 2.13. The van der Waals surface area contributed by atoms with Crippen molar-refractivity contribution in [3.05, 3.63) is 35.1 Å². The normalized spacial score (nSPS) is 10.6. The van der Waals surface area contributed by atoms with E-state index < -0.39 is 0 Å². The Labute approximate surface area is 86.7 Å². The van der Waals surface area contributed by atoms with Gasteiger partial charge in [-0.2, -0.15) is 0 Å². The summed E-state index contributed by atoms with van der Waals surface area (Å²) in [5.41, 5.74) is 8.66. The van der Waals surface area contributed by atoms with Gasteiger partial charge >= 0.3 is 0 Å². The fraction of sp³-hybridized carbons (Fsp3) is 0.182. The van der Waals surface area contributed by atoms with E-state index in [0.29, 0.717) is 11.6 Å². The van der Waals surface area contributed by atoms with Crippen LogP contribution < -0.4 is 5.73 Å². The van der Waals surface area contributed by atoms with Gasteiger partial charge in [0.15, 0.2) is 0 Å². The molecular weight excluding hydrogens is 195 g/mol. The van der Waals surface area contributed by atoms with Gasteiger partial charge in [0.2, 0.25) is 5.88 Å². The van der Waals surface area contributed by atoms with Crippen molar-refractivity contribution < 1.29 is 8.91 Å². The van der Waals surface area contributed by atoms with E-state index in [4.69, 9.17) is 10.3 Å². The topological polar surface area (TPSA) is 52.0 Å². The van der Waals surface area contributed by atoms with E-state index in [1.54, 1.807) is 6.07 Å². The van der Waals surface area contributed by atoms with Gasteiger partial charge in [0, 0.05) is 11.1 Å². The van der Waals surface area contributed by atoms with Crippen molar-refractivity contribution in [1.29, 1.82) is 0 Å². The van der Waals surface area contributed by atoms with Crippen molar-refractivity contribution in [2.45, 2.75) is 13.8 Å². The quantitative estimate of drug-likeness (QED) is 0.780. The van der Waals surface area contributed by atoms with E-state index >= 15 is 0 Å². The molecule has 0 spiro atoms. The summed E-state index contributed by atoms with van der Waals surface area (Å²) in [7, 11) is 0. The van der Waals surface area contributed by atoms with Crippen molar-refractivity contribution >= 4 is 5.88 Å². The Balaban J connectivity index is 2.59. The molecule has 0 saturated carbocycles. The van der Waals surface area contributed by atoms with E-state index in [-0.39, 0.29) is 5.82 Å². The molecule has 1 heterocycles. The molecule has 3 nitrogen and oxygen atoms in total. The van der Waals surface area contributed by atoms with E-state index in [9.17, 15) is 4.39 Å². The zero-order valence-corrected chi connectivity index (χ0v) is 8.54. The Morgan fingerprint density at radius 3 is 2.60 bits per heavy atom. The van der Waals surface area contributed by atoms with Crippen LogP contribution in [0.3, 0.4) is 0 Å². The van der Waals surface area contributed by atoms with E-state index in [0.717, 1.165) is 16.7 Å². The molecule has 2 rings (SSSR count). The summed E-state index contributed by atoms with van der Waals surface area (Å²) in [4.78, 5) is 0.